The van der Waals surface area contributed by atoms with Crippen molar-refractivity contribution in [1.82, 2.24) is 10.3 Å². The zero-order valence-electron chi connectivity index (χ0n) is 14.7. The Labute approximate surface area is 156 Å². The number of aromatic nitrogens is 1. The van der Waals surface area contributed by atoms with Gasteiger partial charge in [-0.25, -0.2) is 9.78 Å². The van der Waals surface area contributed by atoms with Crippen LogP contribution in [0.5, 0.6) is 0 Å². The van der Waals surface area contributed by atoms with Crippen LogP contribution in [-0.4, -0.2) is 29.5 Å². The molecular formula is C20H20N2O3S. The lowest BCUT2D eigenvalue weighted by molar-refractivity contribution is -0.129. The van der Waals surface area contributed by atoms with Crippen LogP contribution in [0.25, 0.3) is 21.5 Å². The van der Waals surface area contributed by atoms with Gasteiger partial charge in [0.2, 0.25) is 0 Å². The maximum absolute atomic E-state index is 12.7. The number of nitrogens with one attached hydrogen (secondary N) is 1. The molecule has 0 saturated carbocycles. The van der Waals surface area contributed by atoms with E-state index in [1.165, 1.54) is 0 Å². The van der Waals surface area contributed by atoms with Gasteiger partial charge in [-0.3, -0.25) is 4.79 Å². The van der Waals surface area contributed by atoms with E-state index >= 15 is 0 Å². The van der Waals surface area contributed by atoms with E-state index in [0.717, 1.165) is 11.3 Å². The molecule has 0 saturated heterocycles. The summed E-state index contributed by atoms with van der Waals surface area (Å²) in [7, 11) is 0. The third-order valence-electron chi connectivity index (χ3n) is 3.91. The maximum Gasteiger partial charge on any atom is 0.339 e. The second kappa shape index (κ2) is 8.10. The number of benzene rings is 1. The quantitative estimate of drug-likeness (QED) is 0.667. The molecule has 0 aliphatic heterocycles. The van der Waals surface area contributed by atoms with E-state index in [1.54, 1.807) is 24.3 Å². The van der Waals surface area contributed by atoms with Crippen molar-refractivity contribution in [3.05, 3.63) is 53.4 Å². The van der Waals surface area contributed by atoms with Crippen LogP contribution in [0.15, 0.2) is 47.8 Å². The summed E-state index contributed by atoms with van der Waals surface area (Å²) in [5.41, 5.74) is 1.84. The topological polar surface area (TPSA) is 68.3 Å². The fourth-order valence-electron chi connectivity index (χ4n) is 2.56. The molecule has 1 N–H and O–H groups in total. The molecule has 26 heavy (non-hydrogen) atoms. The Hall–Kier alpha value is -2.73. The number of rotatable bonds is 6. The van der Waals surface area contributed by atoms with Gasteiger partial charge in [0.1, 0.15) is 0 Å². The number of ether oxygens (including phenoxy) is 1. The highest BCUT2D eigenvalue weighted by Crippen LogP contribution is 2.28. The molecule has 0 spiro atoms. The van der Waals surface area contributed by atoms with Gasteiger partial charge in [-0.15, -0.1) is 11.3 Å². The smallest absolute Gasteiger partial charge is 0.339 e. The first kappa shape index (κ1) is 18.1. The second-order valence-electron chi connectivity index (χ2n) is 5.89. The van der Waals surface area contributed by atoms with E-state index in [9.17, 15) is 9.59 Å². The molecular weight excluding hydrogens is 348 g/mol. The van der Waals surface area contributed by atoms with Crippen molar-refractivity contribution >= 4 is 34.1 Å². The minimum atomic E-state index is -0.855. The molecule has 134 valence electrons. The summed E-state index contributed by atoms with van der Waals surface area (Å²) in [6.07, 6.45) is -0.0304. The summed E-state index contributed by atoms with van der Waals surface area (Å²) < 4.78 is 5.40. The Morgan fingerprint density at radius 3 is 2.77 bits per heavy atom. The summed E-state index contributed by atoms with van der Waals surface area (Å²) in [4.78, 5) is 30.3. The number of esters is 1. The SMILES string of the molecule is CCCNC(=O)[C@@H](C)OC(=O)c1cc(-c2cccs2)nc2ccccc12. The monoisotopic (exact) mass is 368 g/mol. The number of amides is 1. The number of pyridine rings is 1. The molecule has 0 radical (unpaired) electrons. The highest BCUT2D eigenvalue weighted by molar-refractivity contribution is 7.13. The number of carbonyl (C=O) groups is 2. The molecule has 1 atom stereocenters. The van der Waals surface area contributed by atoms with E-state index in [2.05, 4.69) is 10.3 Å². The Bertz CT molecular complexity index is 922. The van der Waals surface area contributed by atoms with Crippen molar-refractivity contribution in [1.29, 1.82) is 0 Å². The van der Waals surface area contributed by atoms with E-state index in [-0.39, 0.29) is 5.91 Å². The van der Waals surface area contributed by atoms with Crippen LogP contribution in [0.3, 0.4) is 0 Å². The van der Waals surface area contributed by atoms with E-state index in [4.69, 9.17) is 4.74 Å². The summed E-state index contributed by atoms with van der Waals surface area (Å²) in [5.74, 6) is -0.822. The number of nitrogens with zero attached hydrogens (tertiary/aromatic N) is 1. The average Bonchev–Trinajstić information content (AvgIpc) is 3.19. The van der Waals surface area contributed by atoms with Gasteiger partial charge in [0, 0.05) is 11.9 Å². The van der Waals surface area contributed by atoms with Crippen LogP contribution in [0.1, 0.15) is 30.6 Å². The average molecular weight is 368 g/mol. The summed E-state index contributed by atoms with van der Waals surface area (Å²) in [6, 6.07) is 13.0. The molecule has 0 aliphatic carbocycles. The van der Waals surface area contributed by atoms with E-state index in [1.807, 2.05) is 48.7 Å². The van der Waals surface area contributed by atoms with Gasteiger partial charge < -0.3 is 10.1 Å². The Balaban J connectivity index is 1.93. The normalized spacial score (nSPS) is 11.9. The van der Waals surface area contributed by atoms with Crippen molar-refractivity contribution in [2.75, 3.05) is 6.54 Å². The molecule has 5 nitrogen and oxygen atoms in total. The number of fused-ring (bicyclic) bond motifs is 1. The van der Waals surface area contributed by atoms with Gasteiger partial charge in [-0.05, 0) is 36.9 Å². The summed E-state index contributed by atoms with van der Waals surface area (Å²) in [6.45, 7) is 4.10. The fraction of sp³-hybridized carbons (Fsp3) is 0.250. The van der Waals surface area contributed by atoms with Crippen LogP contribution in [0.4, 0.5) is 0 Å². The lowest BCUT2D eigenvalue weighted by Gasteiger charge is -2.14. The van der Waals surface area contributed by atoms with Crippen molar-refractivity contribution in [3.63, 3.8) is 0 Å². The van der Waals surface area contributed by atoms with Crippen LogP contribution < -0.4 is 5.32 Å². The van der Waals surface area contributed by atoms with Gasteiger partial charge in [0.15, 0.2) is 6.10 Å². The van der Waals surface area contributed by atoms with Crippen LogP contribution >= 0.6 is 11.3 Å². The molecule has 0 unspecified atom stereocenters. The lowest BCUT2D eigenvalue weighted by atomic mass is 10.1. The van der Waals surface area contributed by atoms with Gasteiger partial charge in [0.25, 0.3) is 5.91 Å². The first-order chi connectivity index (χ1) is 12.6. The van der Waals surface area contributed by atoms with Crippen LogP contribution in [0, 0.1) is 0 Å². The lowest BCUT2D eigenvalue weighted by Crippen LogP contribution is -2.36. The van der Waals surface area contributed by atoms with Crippen molar-refractivity contribution < 1.29 is 14.3 Å². The van der Waals surface area contributed by atoms with Gasteiger partial charge in [0.05, 0.1) is 21.7 Å². The van der Waals surface area contributed by atoms with Gasteiger partial charge in [-0.1, -0.05) is 31.2 Å². The van der Waals surface area contributed by atoms with E-state index in [0.29, 0.717) is 28.7 Å². The summed E-state index contributed by atoms with van der Waals surface area (Å²) in [5, 5.41) is 5.40. The Morgan fingerprint density at radius 2 is 2.04 bits per heavy atom. The Kier molecular flexibility index (Phi) is 5.63. The van der Waals surface area contributed by atoms with Crippen LogP contribution in [-0.2, 0) is 9.53 Å². The van der Waals surface area contributed by atoms with E-state index < -0.39 is 12.1 Å². The molecule has 0 bridgehead atoms. The zero-order chi connectivity index (χ0) is 18.5. The highest BCUT2D eigenvalue weighted by atomic mass is 32.1. The summed E-state index contributed by atoms with van der Waals surface area (Å²) >= 11 is 1.55. The van der Waals surface area contributed by atoms with Crippen molar-refractivity contribution in [2.45, 2.75) is 26.4 Å². The molecule has 1 aromatic carbocycles. The first-order valence-electron chi connectivity index (χ1n) is 8.52. The van der Waals surface area contributed by atoms with Gasteiger partial charge in [-0.2, -0.15) is 0 Å². The van der Waals surface area contributed by atoms with Gasteiger partial charge >= 0.3 is 5.97 Å². The highest BCUT2D eigenvalue weighted by Gasteiger charge is 2.21. The standard InChI is InChI=1S/C20H20N2O3S/c1-3-10-21-19(23)13(2)25-20(24)15-12-17(18-9-6-11-26-18)22-16-8-5-4-7-14(15)16/h4-9,11-13H,3,10H2,1-2H3,(H,21,23)/t13-/m1/s1. The molecule has 0 fully saturated rings. The number of para-hydroxylation sites is 1. The molecule has 0 aliphatic rings. The minimum Gasteiger partial charge on any atom is -0.449 e. The number of hydrogen-bond acceptors (Lipinski definition) is 5. The number of hydrogen-bond donors (Lipinski definition) is 1. The third kappa shape index (κ3) is 3.91. The maximum atomic E-state index is 12.7. The third-order valence-corrected chi connectivity index (χ3v) is 4.80. The fourth-order valence-corrected chi connectivity index (χ4v) is 3.25. The van der Waals surface area contributed by atoms with Crippen LogP contribution in [0.2, 0.25) is 0 Å². The molecule has 6 heteroatoms. The molecule has 3 rings (SSSR count). The zero-order valence-corrected chi connectivity index (χ0v) is 15.5. The molecule has 2 aromatic heterocycles. The number of thiophene rings is 1. The van der Waals surface area contributed by atoms with Crippen molar-refractivity contribution in [2.24, 2.45) is 0 Å². The number of carbonyl (C=O) groups excluding carboxylic acids is 2. The predicted octanol–water partition coefficient (Wildman–Crippen LogP) is 4.03. The predicted molar refractivity (Wildman–Crippen MR) is 103 cm³/mol. The molecule has 2 heterocycles. The second-order valence-corrected chi connectivity index (χ2v) is 6.84. The van der Waals surface area contributed by atoms with Crippen molar-refractivity contribution in [3.8, 4) is 10.6 Å². The molecule has 1 amide bonds. The largest absolute Gasteiger partial charge is 0.449 e. The minimum absolute atomic E-state index is 0.294. The molecule has 3 aromatic rings. The first-order valence-corrected chi connectivity index (χ1v) is 9.40. The Morgan fingerprint density at radius 1 is 1.23 bits per heavy atom.